The van der Waals surface area contributed by atoms with Gasteiger partial charge in [-0.1, -0.05) is 42.0 Å². The van der Waals surface area contributed by atoms with Crippen molar-refractivity contribution in [3.8, 4) is 22.6 Å². The maximum Gasteiger partial charge on any atom is 0.421 e. The van der Waals surface area contributed by atoms with Gasteiger partial charge in [-0.3, -0.25) is 0 Å². The number of nitrogens with zero attached hydrogens (tertiary/aromatic N) is 3. The van der Waals surface area contributed by atoms with E-state index in [-0.39, 0.29) is 23.6 Å². The lowest BCUT2D eigenvalue weighted by atomic mass is 10.0. The van der Waals surface area contributed by atoms with Crippen LogP contribution in [0, 0.1) is 20.8 Å². The number of phenols is 1. The summed E-state index contributed by atoms with van der Waals surface area (Å²) in [5.74, 6) is 0.184. The van der Waals surface area contributed by atoms with Gasteiger partial charge in [-0.2, -0.15) is 5.10 Å². The normalized spacial score (nSPS) is 11.4. The number of hydrogen-bond donors (Lipinski definition) is 2. The molecule has 0 spiro atoms. The Labute approximate surface area is 210 Å². The van der Waals surface area contributed by atoms with E-state index in [0.29, 0.717) is 4.31 Å². The molecule has 9 heteroatoms. The van der Waals surface area contributed by atoms with Crippen molar-refractivity contribution in [2.45, 2.75) is 32.1 Å². The van der Waals surface area contributed by atoms with Crippen LogP contribution in [0.15, 0.2) is 77.7 Å². The second kappa shape index (κ2) is 9.87. The fraction of sp³-hybridized carbons (Fsp3) is 0.185. The molecule has 0 saturated carbocycles. The second-order valence-electron chi connectivity index (χ2n) is 8.60. The summed E-state index contributed by atoms with van der Waals surface area (Å²) >= 11 is 0. The van der Waals surface area contributed by atoms with Gasteiger partial charge in [0.25, 0.3) is 10.0 Å². The maximum absolute atomic E-state index is 12.9. The summed E-state index contributed by atoms with van der Waals surface area (Å²) in [6.07, 6.45) is -1.29. The lowest BCUT2D eigenvalue weighted by Crippen LogP contribution is -2.37. The van der Waals surface area contributed by atoms with Crippen LogP contribution in [0.4, 0.5) is 4.79 Å². The molecule has 1 aromatic heterocycles. The Morgan fingerprint density at radius 2 is 1.64 bits per heavy atom. The first-order valence-electron chi connectivity index (χ1n) is 11.3. The van der Waals surface area contributed by atoms with E-state index < -0.39 is 16.1 Å². The van der Waals surface area contributed by atoms with Crippen LogP contribution >= 0.6 is 0 Å². The van der Waals surface area contributed by atoms with Gasteiger partial charge in [0.2, 0.25) is 0 Å². The van der Waals surface area contributed by atoms with Crippen molar-refractivity contribution in [2.75, 3.05) is 6.54 Å². The minimum absolute atomic E-state index is 0.0575. The van der Waals surface area contributed by atoms with Gasteiger partial charge in [-0.15, -0.1) is 0 Å². The number of aromatic nitrogens is 2. The Morgan fingerprint density at radius 3 is 2.25 bits per heavy atom. The van der Waals surface area contributed by atoms with Gasteiger partial charge < -0.3 is 10.2 Å². The van der Waals surface area contributed by atoms with Gasteiger partial charge in [0.05, 0.1) is 16.3 Å². The van der Waals surface area contributed by atoms with Gasteiger partial charge in [0.1, 0.15) is 5.75 Å². The zero-order valence-corrected chi connectivity index (χ0v) is 21.0. The molecule has 0 aliphatic rings. The maximum atomic E-state index is 12.9. The molecule has 0 saturated heterocycles. The Hall–Kier alpha value is -4.11. The first kappa shape index (κ1) is 25.0. The highest BCUT2D eigenvalue weighted by Gasteiger charge is 2.28. The highest BCUT2D eigenvalue weighted by Crippen LogP contribution is 2.30. The van der Waals surface area contributed by atoms with Crippen molar-refractivity contribution in [3.63, 3.8) is 0 Å². The number of aromatic hydroxyl groups is 1. The highest BCUT2D eigenvalue weighted by molar-refractivity contribution is 7.89. The third-order valence-corrected chi connectivity index (χ3v) is 7.82. The summed E-state index contributed by atoms with van der Waals surface area (Å²) in [6.45, 7) is 5.49. The molecule has 2 N–H and O–H groups in total. The fourth-order valence-corrected chi connectivity index (χ4v) is 5.44. The average Bonchev–Trinajstić information content (AvgIpc) is 3.13. The number of phenolic OH excluding ortho intramolecular Hbond substituents is 1. The Bertz CT molecular complexity index is 1510. The molecule has 0 unspecified atom stereocenters. The van der Waals surface area contributed by atoms with Gasteiger partial charge in [-0.25, -0.2) is 22.2 Å². The van der Waals surface area contributed by atoms with Crippen molar-refractivity contribution in [1.29, 1.82) is 0 Å². The van der Waals surface area contributed by atoms with E-state index in [2.05, 4.69) is 5.10 Å². The number of sulfonamides is 1. The van der Waals surface area contributed by atoms with Crippen molar-refractivity contribution in [3.05, 3.63) is 95.3 Å². The predicted octanol–water partition coefficient (Wildman–Crippen LogP) is 5.08. The predicted molar refractivity (Wildman–Crippen MR) is 137 cm³/mol. The van der Waals surface area contributed by atoms with Crippen LogP contribution in [-0.4, -0.2) is 45.4 Å². The molecule has 4 aromatic rings. The third-order valence-electron chi connectivity index (χ3n) is 6.03. The second-order valence-corrected chi connectivity index (χ2v) is 10.5. The first-order chi connectivity index (χ1) is 17.1. The minimum Gasteiger partial charge on any atom is -0.508 e. The van der Waals surface area contributed by atoms with Crippen LogP contribution in [0.3, 0.4) is 0 Å². The van der Waals surface area contributed by atoms with Crippen molar-refractivity contribution in [2.24, 2.45) is 0 Å². The van der Waals surface area contributed by atoms with E-state index in [9.17, 15) is 23.4 Å². The standard InChI is InChI=1S/C27H27N3O5S/c1-18-7-13-25(14-8-18)36(34,35)29(27(32)33)16-15-21-9-11-23(12-10-21)30-20(3)26(19(2)28-30)22-5-4-6-24(31)17-22/h4-14,17,31H,15-16H2,1-3H3,(H,32,33). The third kappa shape index (κ3) is 4.96. The number of amides is 1. The van der Waals surface area contributed by atoms with E-state index >= 15 is 0 Å². The number of rotatable bonds is 7. The molecule has 3 aromatic carbocycles. The topological polar surface area (TPSA) is 113 Å². The van der Waals surface area contributed by atoms with E-state index in [1.165, 1.54) is 12.1 Å². The molecule has 0 bridgehead atoms. The molecule has 36 heavy (non-hydrogen) atoms. The number of carboxylic acid groups (broad SMARTS) is 1. The van der Waals surface area contributed by atoms with Crippen LogP contribution in [0.1, 0.15) is 22.5 Å². The van der Waals surface area contributed by atoms with Crippen LogP contribution in [0.5, 0.6) is 5.75 Å². The zero-order chi connectivity index (χ0) is 26.0. The fourth-order valence-electron chi connectivity index (χ4n) is 4.16. The molecule has 0 fully saturated rings. The molecule has 0 aliphatic carbocycles. The van der Waals surface area contributed by atoms with E-state index in [1.807, 2.05) is 55.8 Å². The minimum atomic E-state index is -4.17. The molecule has 0 radical (unpaired) electrons. The number of aryl methyl sites for hydroxylation is 2. The monoisotopic (exact) mass is 505 g/mol. The van der Waals surface area contributed by atoms with Crippen LogP contribution in [0.2, 0.25) is 0 Å². The Morgan fingerprint density at radius 1 is 0.972 bits per heavy atom. The largest absolute Gasteiger partial charge is 0.508 e. The Kier molecular flexibility index (Phi) is 6.85. The average molecular weight is 506 g/mol. The van der Waals surface area contributed by atoms with Gasteiger partial charge in [0, 0.05) is 17.8 Å². The summed E-state index contributed by atoms with van der Waals surface area (Å²) in [7, 11) is -4.17. The van der Waals surface area contributed by atoms with Gasteiger partial charge in [0.15, 0.2) is 0 Å². The van der Waals surface area contributed by atoms with Gasteiger partial charge >= 0.3 is 6.09 Å². The van der Waals surface area contributed by atoms with Gasteiger partial charge in [-0.05, 0) is 74.7 Å². The number of carbonyl (C=O) groups is 1. The molecule has 0 aliphatic heterocycles. The molecular formula is C27H27N3O5S. The lowest BCUT2D eigenvalue weighted by molar-refractivity contribution is 0.172. The SMILES string of the molecule is Cc1ccc(S(=O)(=O)N(CCc2ccc(-n3nc(C)c(-c4cccc(O)c4)c3C)cc2)C(=O)O)cc1. The summed E-state index contributed by atoms with van der Waals surface area (Å²) in [4.78, 5) is 11.7. The van der Waals surface area contributed by atoms with Crippen LogP contribution in [0.25, 0.3) is 16.8 Å². The van der Waals surface area contributed by atoms with E-state index in [4.69, 9.17) is 0 Å². The summed E-state index contributed by atoms with van der Waals surface area (Å²) < 4.78 is 28.0. The lowest BCUT2D eigenvalue weighted by Gasteiger charge is -2.19. The Balaban J connectivity index is 1.53. The molecule has 1 amide bonds. The quantitative estimate of drug-likeness (QED) is 0.362. The molecular weight excluding hydrogens is 478 g/mol. The summed E-state index contributed by atoms with van der Waals surface area (Å²) in [5, 5.41) is 24.1. The zero-order valence-electron chi connectivity index (χ0n) is 20.2. The molecule has 0 atom stereocenters. The summed E-state index contributed by atoms with van der Waals surface area (Å²) in [6, 6.07) is 20.5. The molecule has 1 heterocycles. The smallest absolute Gasteiger partial charge is 0.421 e. The van der Waals surface area contributed by atoms with Crippen molar-refractivity contribution >= 4 is 16.1 Å². The number of hydrogen-bond acceptors (Lipinski definition) is 5. The van der Waals surface area contributed by atoms with E-state index in [1.54, 1.807) is 30.3 Å². The molecule has 4 rings (SSSR count). The van der Waals surface area contributed by atoms with E-state index in [0.717, 1.165) is 39.3 Å². The highest BCUT2D eigenvalue weighted by atomic mass is 32.2. The molecule has 8 nitrogen and oxygen atoms in total. The van der Waals surface area contributed by atoms with Crippen molar-refractivity contribution in [1.82, 2.24) is 14.1 Å². The van der Waals surface area contributed by atoms with Crippen molar-refractivity contribution < 1.29 is 23.4 Å². The number of benzene rings is 3. The molecule has 186 valence electrons. The summed E-state index contributed by atoms with van der Waals surface area (Å²) in [5.41, 5.74) is 6.03. The van der Waals surface area contributed by atoms with Crippen LogP contribution in [-0.2, 0) is 16.4 Å². The first-order valence-corrected chi connectivity index (χ1v) is 12.8. The van der Waals surface area contributed by atoms with Crippen LogP contribution < -0.4 is 0 Å².